The molecule has 0 radical (unpaired) electrons. The maximum absolute atomic E-state index is 9.72. The third-order valence-corrected chi connectivity index (χ3v) is 7.59. The number of pyridine rings is 1. The topological polar surface area (TPSA) is 69.8 Å². The molecule has 0 aliphatic carbocycles. The van der Waals surface area contributed by atoms with Gasteiger partial charge in [0.2, 0.25) is 0 Å². The van der Waals surface area contributed by atoms with Crippen molar-refractivity contribution in [3.63, 3.8) is 0 Å². The molecular weight excluding hydrogens is 488 g/mol. The smallest absolute Gasteiger partial charge is 0.172 e. The molecule has 0 bridgehead atoms. The maximum atomic E-state index is 9.72. The van der Waals surface area contributed by atoms with Gasteiger partial charge in [0, 0.05) is 48.2 Å². The molecule has 0 spiro atoms. The van der Waals surface area contributed by atoms with Gasteiger partial charge in [0.15, 0.2) is 5.16 Å². The minimum Gasteiger partial charge on any atom is -0.354 e. The van der Waals surface area contributed by atoms with Crippen LogP contribution < -0.4 is 5.32 Å². The fourth-order valence-electron chi connectivity index (χ4n) is 3.90. The number of anilines is 2. The molecule has 6 nitrogen and oxygen atoms in total. The summed E-state index contributed by atoms with van der Waals surface area (Å²) in [5.41, 5.74) is 3.92. The van der Waals surface area contributed by atoms with E-state index in [9.17, 15) is 5.26 Å². The Hall–Kier alpha value is -3.31. The zero-order chi connectivity index (χ0) is 25.5. The lowest BCUT2D eigenvalue weighted by molar-refractivity contribution is 0.310. The van der Waals surface area contributed by atoms with E-state index >= 15 is 0 Å². The van der Waals surface area contributed by atoms with Gasteiger partial charge in [-0.25, -0.2) is 4.98 Å². The van der Waals surface area contributed by atoms with E-state index in [1.54, 1.807) is 12.4 Å². The summed E-state index contributed by atoms with van der Waals surface area (Å²) in [4.78, 5) is 12.2. The van der Waals surface area contributed by atoms with Gasteiger partial charge in [-0.2, -0.15) is 5.26 Å². The number of nitrogens with one attached hydrogen (secondary N) is 1. The molecule has 0 saturated heterocycles. The number of hydrogen-bond acceptors (Lipinski definition) is 6. The highest BCUT2D eigenvalue weighted by molar-refractivity contribution is 7.99. The molecule has 0 aliphatic heterocycles. The van der Waals surface area contributed by atoms with Crippen LogP contribution in [0.3, 0.4) is 0 Å². The van der Waals surface area contributed by atoms with Gasteiger partial charge in [-0.05, 0) is 49.3 Å². The van der Waals surface area contributed by atoms with Crippen LogP contribution in [0, 0.1) is 11.3 Å². The largest absolute Gasteiger partial charge is 0.354 e. The maximum Gasteiger partial charge on any atom is 0.172 e. The first kappa shape index (κ1) is 25.8. The second kappa shape index (κ2) is 12.1. The van der Waals surface area contributed by atoms with Crippen LogP contribution in [-0.4, -0.2) is 39.1 Å². The molecule has 4 aromatic rings. The van der Waals surface area contributed by atoms with Crippen LogP contribution in [0.25, 0.3) is 17.0 Å². The number of hydrogen-bond donors (Lipinski definition) is 1. The van der Waals surface area contributed by atoms with E-state index in [1.165, 1.54) is 11.8 Å². The van der Waals surface area contributed by atoms with Gasteiger partial charge < -0.3 is 14.8 Å². The number of fused-ring (bicyclic) bond motifs is 1. The van der Waals surface area contributed by atoms with Crippen molar-refractivity contribution >= 4 is 51.7 Å². The molecule has 0 fully saturated rings. The number of nitriles is 1. The first-order valence-corrected chi connectivity index (χ1v) is 13.1. The number of rotatable bonds is 10. The van der Waals surface area contributed by atoms with Crippen LogP contribution >= 0.6 is 23.4 Å². The lowest BCUT2D eigenvalue weighted by Gasteiger charge is -2.16. The van der Waals surface area contributed by atoms with Gasteiger partial charge in [0.1, 0.15) is 6.07 Å². The van der Waals surface area contributed by atoms with Gasteiger partial charge in [-0.1, -0.05) is 61.5 Å². The average Bonchev–Trinajstić information content (AvgIpc) is 3.30. The van der Waals surface area contributed by atoms with Gasteiger partial charge in [0.25, 0.3) is 0 Å². The number of benzene rings is 2. The Morgan fingerprint density at radius 3 is 2.69 bits per heavy atom. The average molecular weight is 517 g/mol. The zero-order valence-corrected chi connectivity index (χ0v) is 22.3. The summed E-state index contributed by atoms with van der Waals surface area (Å²) >= 11 is 8.10. The Kier molecular flexibility index (Phi) is 8.65. The Labute approximate surface area is 221 Å². The van der Waals surface area contributed by atoms with Crippen LogP contribution in [-0.2, 0) is 7.05 Å². The van der Waals surface area contributed by atoms with Crippen molar-refractivity contribution in [2.24, 2.45) is 7.05 Å². The Morgan fingerprint density at radius 1 is 1.17 bits per heavy atom. The number of aryl methyl sites for hydroxylation is 1. The van der Waals surface area contributed by atoms with E-state index in [0.29, 0.717) is 10.6 Å². The Bertz CT molecular complexity index is 1420. The Morgan fingerprint density at radius 2 is 2.00 bits per heavy atom. The van der Waals surface area contributed by atoms with Crippen molar-refractivity contribution in [3.05, 3.63) is 77.2 Å². The summed E-state index contributed by atoms with van der Waals surface area (Å²) in [5.74, 6) is 0. The highest BCUT2D eigenvalue weighted by Gasteiger charge is 2.12. The monoisotopic (exact) mass is 516 g/mol. The number of imidazole rings is 1. The molecule has 0 unspecified atom stereocenters. The molecule has 0 atom stereocenters. The van der Waals surface area contributed by atoms with E-state index in [-0.39, 0.29) is 0 Å². The van der Waals surface area contributed by atoms with Crippen LogP contribution in [0.2, 0.25) is 5.02 Å². The van der Waals surface area contributed by atoms with Gasteiger partial charge in [-0.15, -0.1) is 0 Å². The van der Waals surface area contributed by atoms with Crippen LogP contribution in [0.5, 0.6) is 0 Å². The van der Waals surface area contributed by atoms with E-state index in [4.69, 9.17) is 11.6 Å². The molecule has 0 amide bonds. The molecule has 2 aromatic carbocycles. The van der Waals surface area contributed by atoms with Gasteiger partial charge in [0.05, 0.1) is 21.8 Å². The predicted octanol–water partition coefficient (Wildman–Crippen LogP) is 7.13. The fraction of sp³-hybridized carbons (Fsp3) is 0.250. The summed E-state index contributed by atoms with van der Waals surface area (Å²) < 4.78 is 1.95. The molecule has 2 heterocycles. The van der Waals surface area contributed by atoms with Gasteiger partial charge in [-0.3, -0.25) is 4.98 Å². The lowest BCUT2D eigenvalue weighted by Crippen LogP contribution is -2.23. The summed E-state index contributed by atoms with van der Waals surface area (Å²) in [6.45, 7) is 7.56. The quantitative estimate of drug-likeness (QED) is 0.241. The molecule has 2 aromatic heterocycles. The predicted molar refractivity (Wildman–Crippen MR) is 150 cm³/mol. The summed E-state index contributed by atoms with van der Waals surface area (Å²) in [6, 6.07) is 14.2. The standard InChI is InChI=1S/C28H29ClN6S/c1-4-35(5-2)14-7-6-8-20-9-11-23-25(16-20)32-19-21(18-30)27(23)33-22-10-12-26(24(29)17-22)36-28-31-13-15-34(28)3/h6,8-13,15-17,19H,4-5,7,14H2,1-3H3,(H,32,33). The second-order valence-corrected chi connectivity index (χ2v) is 9.76. The summed E-state index contributed by atoms with van der Waals surface area (Å²) in [5, 5.41) is 15.5. The third-order valence-electron chi connectivity index (χ3n) is 6.01. The van der Waals surface area contributed by atoms with Crippen molar-refractivity contribution in [1.29, 1.82) is 5.26 Å². The summed E-state index contributed by atoms with van der Waals surface area (Å²) in [7, 11) is 1.95. The molecular formula is C28H29ClN6S. The van der Waals surface area contributed by atoms with E-state index in [0.717, 1.165) is 63.9 Å². The van der Waals surface area contributed by atoms with E-state index < -0.39 is 0 Å². The first-order chi connectivity index (χ1) is 17.5. The number of aromatic nitrogens is 3. The Balaban J connectivity index is 1.55. The van der Waals surface area contributed by atoms with Crippen molar-refractivity contribution in [2.75, 3.05) is 25.0 Å². The molecule has 1 N–H and O–H groups in total. The van der Waals surface area contributed by atoms with Gasteiger partial charge >= 0.3 is 0 Å². The number of nitrogens with zero attached hydrogens (tertiary/aromatic N) is 5. The second-order valence-electron chi connectivity index (χ2n) is 8.35. The highest BCUT2D eigenvalue weighted by atomic mass is 35.5. The minimum absolute atomic E-state index is 0.479. The summed E-state index contributed by atoms with van der Waals surface area (Å²) in [6.07, 6.45) is 10.6. The van der Waals surface area contributed by atoms with E-state index in [2.05, 4.69) is 64.4 Å². The van der Waals surface area contributed by atoms with Crippen molar-refractivity contribution in [1.82, 2.24) is 19.4 Å². The lowest BCUT2D eigenvalue weighted by atomic mass is 10.1. The molecule has 36 heavy (non-hydrogen) atoms. The van der Waals surface area contributed by atoms with Crippen molar-refractivity contribution < 1.29 is 0 Å². The SMILES string of the molecule is CCN(CC)CCC=Cc1ccc2c(Nc3ccc(Sc4nccn4C)c(Cl)c3)c(C#N)cnc2c1. The fourth-order valence-corrected chi connectivity index (χ4v) is 5.01. The third kappa shape index (κ3) is 6.08. The molecule has 0 saturated carbocycles. The van der Waals surface area contributed by atoms with Crippen LogP contribution in [0.1, 0.15) is 31.4 Å². The van der Waals surface area contributed by atoms with Crippen LogP contribution in [0.4, 0.5) is 11.4 Å². The molecule has 0 aliphatic rings. The van der Waals surface area contributed by atoms with E-state index in [1.807, 2.05) is 42.1 Å². The zero-order valence-electron chi connectivity index (χ0n) is 20.7. The van der Waals surface area contributed by atoms with Crippen molar-refractivity contribution in [2.45, 2.75) is 30.3 Å². The highest BCUT2D eigenvalue weighted by Crippen LogP contribution is 2.36. The molecule has 4 rings (SSSR count). The normalized spacial score (nSPS) is 11.4. The number of halogens is 1. The first-order valence-electron chi connectivity index (χ1n) is 12.0. The van der Waals surface area contributed by atoms with Crippen molar-refractivity contribution in [3.8, 4) is 6.07 Å². The van der Waals surface area contributed by atoms with Crippen LogP contribution in [0.15, 0.2) is 71.1 Å². The molecule has 8 heteroatoms. The minimum atomic E-state index is 0.479. The molecule has 184 valence electrons.